The van der Waals surface area contributed by atoms with E-state index in [-0.39, 0.29) is 19.3 Å². The molecule has 23 heavy (non-hydrogen) atoms. The molecule has 4 heterocycles. The van der Waals surface area contributed by atoms with Gasteiger partial charge in [0.05, 0.1) is 19.3 Å². The monoisotopic (exact) mass is 318 g/mol. The number of fused-ring (bicyclic) bond motifs is 2. The Morgan fingerprint density at radius 1 is 1.09 bits per heavy atom. The minimum atomic E-state index is -0.176. The van der Waals surface area contributed by atoms with Gasteiger partial charge in [0.15, 0.2) is 0 Å². The van der Waals surface area contributed by atoms with Gasteiger partial charge in [0.1, 0.15) is 5.75 Å². The zero-order chi connectivity index (χ0) is 16.0. The Kier molecular flexibility index (Phi) is 4.05. The van der Waals surface area contributed by atoms with Crippen molar-refractivity contribution >= 4 is 0 Å². The molecule has 1 aromatic carbocycles. The van der Waals surface area contributed by atoms with E-state index < -0.39 is 0 Å². The molecule has 4 saturated heterocycles. The molecule has 3 N–H and O–H groups in total. The third kappa shape index (κ3) is 2.47. The number of hydrogen-bond donors (Lipinski definition) is 3. The first kappa shape index (κ1) is 15.4. The Morgan fingerprint density at radius 3 is 2.48 bits per heavy atom. The van der Waals surface area contributed by atoms with E-state index in [0.717, 1.165) is 19.6 Å². The maximum absolute atomic E-state index is 9.86. The highest BCUT2D eigenvalue weighted by Crippen LogP contribution is 2.47. The highest BCUT2D eigenvalue weighted by molar-refractivity contribution is 5.33. The summed E-state index contributed by atoms with van der Waals surface area (Å²) in [6.45, 7) is 3.14. The zero-order valence-corrected chi connectivity index (χ0v) is 13.4. The zero-order valence-electron chi connectivity index (χ0n) is 13.4. The number of aliphatic hydroxyl groups is 2. The number of piperidine rings is 3. The SMILES string of the molecule is OCC(CO)N1C[C@@H](c2cccc(O)c2)[C@@H]2[C@H]1C1CCN2CC1. The van der Waals surface area contributed by atoms with Gasteiger partial charge in [-0.15, -0.1) is 0 Å². The summed E-state index contributed by atoms with van der Waals surface area (Å²) >= 11 is 0. The first-order valence-corrected chi connectivity index (χ1v) is 8.73. The summed E-state index contributed by atoms with van der Waals surface area (Å²) in [5.41, 5.74) is 1.17. The normalized spacial score (nSPS) is 36.6. The summed E-state index contributed by atoms with van der Waals surface area (Å²) in [5.74, 6) is 1.30. The maximum atomic E-state index is 9.86. The summed E-state index contributed by atoms with van der Waals surface area (Å²) in [4.78, 5) is 4.93. The van der Waals surface area contributed by atoms with Gasteiger partial charge in [-0.05, 0) is 49.5 Å². The second kappa shape index (κ2) is 6.06. The number of phenols is 1. The van der Waals surface area contributed by atoms with Crippen LogP contribution in [-0.4, -0.2) is 76.1 Å². The van der Waals surface area contributed by atoms with E-state index in [1.807, 2.05) is 12.1 Å². The van der Waals surface area contributed by atoms with Crippen molar-refractivity contribution in [2.45, 2.75) is 36.9 Å². The van der Waals surface area contributed by atoms with E-state index in [1.165, 1.54) is 18.4 Å². The van der Waals surface area contributed by atoms with E-state index in [2.05, 4.69) is 15.9 Å². The van der Waals surface area contributed by atoms with E-state index >= 15 is 0 Å². The maximum Gasteiger partial charge on any atom is 0.115 e. The Bertz CT molecular complexity index is 555. The molecule has 5 rings (SSSR count). The van der Waals surface area contributed by atoms with Crippen molar-refractivity contribution in [2.24, 2.45) is 5.92 Å². The standard InChI is InChI=1S/C18H26N2O3/c21-10-14(11-22)20-9-16(13-2-1-3-15(23)8-13)18-17(20)12-4-6-19(18)7-5-12/h1-3,8,12,14,16-18,21-23H,4-7,9-11H2/t16-,17+,18+/m0/s1. The van der Waals surface area contributed by atoms with Gasteiger partial charge in [-0.25, -0.2) is 0 Å². The van der Waals surface area contributed by atoms with Gasteiger partial charge in [-0.2, -0.15) is 0 Å². The number of rotatable bonds is 4. The van der Waals surface area contributed by atoms with Crippen LogP contribution in [-0.2, 0) is 0 Å². The summed E-state index contributed by atoms with van der Waals surface area (Å²) in [5, 5.41) is 29.2. The van der Waals surface area contributed by atoms with Crippen molar-refractivity contribution in [1.82, 2.24) is 9.80 Å². The van der Waals surface area contributed by atoms with Gasteiger partial charge in [0.25, 0.3) is 0 Å². The van der Waals surface area contributed by atoms with Gasteiger partial charge in [0.2, 0.25) is 0 Å². The van der Waals surface area contributed by atoms with Gasteiger partial charge >= 0.3 is 0 Å². The molecule has 0 radical (unpaired) electrons. The molecule has 0 unspecified atom stereocenters. The highest BCUT2D eigenvalue weighted by atomic mass is 16.3. The smallest absolute Gasteiger partial charge is 0.115 e. The fourth-order valence-electron chi connectivity index (χ4n) is 5.19. The van der Waals surface area contributed by atoms with E-state index in [4.69, 9.17) is 0 Å². The second-order valence-electron chi connectivity index (χ2n) is 7.27. The number of hydrogen-bond acceptors (Lipinski definition) is 5. The van der Waals surface area contributed by atoms with Crippen LogP contribution in [0.3, 0.4) is 0 Å². The third-order valence-electron chi connectivity index (χ3n) is 6.22. The van der Waals surface area contributed by atoms with Gasteiger partial charge in [0, 0.05) is 24.5 Å². The van der Waals surface area contributed by atoms with E-state index in [0.29, 0.717) is 29.7 Å². The molecule has 0 saturated carbocycles. The number of nitrogens with zero attached hydrogens (tertiary/aromatic N) is 2. The van der Waals surface area contributed by atoms with Crippen molar-refractivity contribution in [3.63, 3.8) is 0 Å². The van der Waals surface area contributed by atoms with Gasteiger partial charge in [-0.1, -0.05) is 12.1 Å². The first-order valence-electron chi connectivity index (χ1n) is 8.73. The van der Waals surface area contributed by atoms with Crippen molar-refractivity contribution in [3.05, 3.63) is 29.8 Å². The molecule has 3 atom stereocenters. The molecule has 1 aromatic rings. The lowest BCUT2D eigenvalue weighted by molar-refractivity contribution is -0.0349. The molecule has 5 heteroatoms. The Labute approximate surface area is 137 Å². The van der Waals surface area contributed by atoms with Crippen LogP contribution < -0.4 is 0 Å². The molecule has 0 aromatic heterocycles. The average molecular weight is 318 g/mol. The predicted molar refractivity (Wildman–Crippen MR) is 87.4 cm³/mol. The topological polar surface area (TPSA) is 67.2 Å². The number of aromatic hydroxyl groups is 1. The predicted octanol–water partition coefficient (Wildman–Crippen LogP) is 0.607. The first-order chi connectivity index (χ1) is 11.2. The van der Waals surface area contributed by atoms with Crippen LogP contribution in [0, 0.1) is 5.92 Å². The highest BCUT2D eigenvalue weighted by Gasteiger charge is 2.54. The van der Waals surface area contributed by atoms with Crippen LogP contribution >= 0.6 is 0 Å². The number of benzene rings is 1. The van der Waals surface area contributed by atoms with Crippen molar-refractivity contribution in [1.29, 1.82) is 0 Å². The molecule has 2 bridgehead atoms. The quantitative estimate of drug-likeness (QED) is 0.759. The van der Waals surface area contributed by atoms with Crippen LogP contribution in [0.15, 0.2) is 24.3 Å². The lowest BCUT2D eigenvalue weighted by Gasteiger charge is -2.52. The summed E-state index contributed by atoms with van der Waals surface area (Å²) in [7, 11) is 0. The minimum Gasteiger partial charge on any atom is -0.508 e. The molecule has 4 aliphatic rings. The van der Waals surface area contributed by atoms with Crippen LogP contribution in [0.5, 0.6) is 5.75 Å². The summed E-state index contributed by atoms with van der Waals surface area (Å²) in [6, 6.07) is 8.27. The largest absolute Gasteiger partial charge is 0.508 e. The van der Waals surface area contributed by atoms with Crippen LogP contribution in [0.25, 0.3) is 0 Å². The van der Waals surface area contributed by atoms with E-state index in [9.17, 15) is 15.3 Å². The van der Waals surface area contributed by atoms with Crippen molar-refractivity contribution in [2.75, 3.05) is 32.8 Å². The molecule has 0 spiro atoms. The van der Waals surface area contributed by atoms with Gasteiger partial charge in [-0.3, -0.25) is 9.80 Å². The Balaban J connectivity index is 1.70. The van der Waals surface area contributed by atoms with Crippen molar-refractivity contribution in [3.8, 4) is 5.75 Å². The average Bonchev–Trinajstić information content (AvgIpc) is 3.00. The fraction of sp³-hybridized carbons (Fsp3) is 0.667. The third-order valence-corrected chi connectivity index (χ3v) is 6.22. The number of likely N-dealkylation sites (tertiary alicyclic amines) is 1. The number of aliphatic hydroxyl groups excluding tert-OH is 2. The molecule has 4 fully saturated rings. The molecule has 5 nitrogen and oxygen atoms in total. The summed E-state index contributed by atoms with van der Waals surface area (Å²) in [6.07, 6.45) is 2.43. The second-order valence-corrected chi connectivity index (χ2v) is 7.27. The summed E-state index contributed by atoms with van der Waals surface area (Å²) < 4.78 is 0. The minimum absolute atomic E-state index is 0.000794. The molecule has 4 aliphatic heterocycles. The fourth-order valence-corrected chi connectivity index (χ4v) is 5.19. The lowest BCUT2D eigenvalue weighted by Crippen LogP contribution is -2.61. The molecular formula is C18H26N2O3. The van der Waals surface area contributed by atoms with Crippen LogP contribution in [0.4, 0.5) is 0 Å². The van der Waals surface area contributed by atoms with E-state index in [1.54, 1.807) is 6.07 Å². The Hall–Kier alpha value is -1.14. The van der Waals surface area contributed by atoms with Crippen molar-refractivity contribution < 1.29 is 15.3 Å². The number of phenolic OH excluding ortho intramolecular Hbond substituents is 1. The molecule has 0 aliphatic carbocycles. The lowest BCUT2D eigenvalue weighted by atomic mass is 9.75. The molecular weight excluding hydrogens is 292 g/mol. The Morgan fingerprint density at radius 2 is 1.83 bits per heavy atom. The van der Waals surface area contributed by atoms with Gasteiger partial charge < -0.3 is 15.3 Å². The molecule has 0 amide bonds. The van der Waals surface area contributed by atoms with Crippen LogP contribution in [0.2, 0.25) is 0 Å². The van der Waals surface area contributed by atoms with Crippen LogP contribution in [0.1, 0.15) is 24.3 Å². The molecule has 126 valence electrons.